The van der Waals surface area contributed by atoms with Gasteiger partial charge in [0.2, 0.25) is 0 Å². The Hall–Kier alpha value is -4.32. The van der Waals surface area contributed by atoms with Gasteiger partial charge in [0.05, 0.1) is 0 Å². The summed E-state index contributed by atoms with van der Waals surface area (Å²) >= 11 is 0. The molecule has 3 aliphatic heterocycles. The third kappa shape index (κ3) is 3.42. The van der Waals surface area contributed by atoms with Crippen LogP contribution in [0.1, 0.15) is 133 Å². The van der Waals surface area contributed by atoms with Crippen molar-refractivity contribution >= 4 is 0 Å². The van der Waals surface area contributed by atoms with Gasteiger partial charge < -0.3 is 0 Å². The maximum atomic E-state index is 5.75. The van der Waals surface area contributed by atoms with E-state index in [2.05, 4.69) is 151 Å². The van der Waals surface area contributed by atoms with Gasteiger partial charge in [0.1, 0.15) is 33.2 Å². The van der Waals surface area contributed by atoms with Crippen molar-refractivity contribution in [1.82, 2.24) is 0 Å². The predicted molar refractivity (Wildman–Crippen MR) is 234 cm³/mol. The maximum absolute atomic E-state index is 5.75. The van der Waals surface area contributed by atoms with Crippen molar-refractivity contribution in [3.63, 3.8) is 0 Å². The van der Waals surface area contributed by atoms with Crippen molar-refractivity contribution in [2.75, 3.05) is 0 Å². The third-order valence-electron chi connectivity index (χ3n) is 20.5. The molecule has 60 heavy (non-hydrogen) atoms. The SMILES string of the molecule is CC1(C)C2(c3ccccc3)N=NC1(c1cc(C34N=NC(c5ccccc5)(C5CCCC53)C4(C)C)cc(C34N=NC(c5ccccc5)(C5CCCC53)C4(C)C)c1)C1CCCC12. The molecule has 6 saturated carbocycles. The van der Waals surface area contributed by atoms with Gasteiger partial charge in [-0.15, -0.1) is 0 Å². The Morgan fingerprint density at radius 2 is 0.500 bits per heavy atom. The second kappa shape index (κ2) is 11.2. The van der Waals surface area contributed by atoms with Gasteiger partial charge in [0.15, 0.2) is 0 Å². The molecule has 12 unspecified atom stereocenters. The van der Waals surface area contributed by atoms with Crippen molar-refractivity contribution in [1.29, 1.82) is 0 Å². The Morgan fingerprint density at radius 3 is 0.717 bits per heavy atom. The Balaban J connectivity index is 1.10. The van der Waals surface area contributed by atoms with Gasteiger partial charge in [-0.25, -0.2) is 0 Å². The number of azo groups is 3. The summed E-state index contributed by atoms with van der Waals surface area (Å²) < 4.78 is 0. The van der Waals surface area contributed by atoms with Gasteiger partial charge in [-0.05, 0) is 107 Å². The summed E-state index contributed by atoms with van der Waals surface area (Å²) in [4.78, 5) is 0. The van der Waals surface area contributed by atoms with Crippen LogP contribution in [0.5, 0.6) is 0 Å². The normalized spacial score (nSPS) is 44.5. The lowest BCUT2D eigenvalue weighted by Gasteiger charge is -2.46. The highest BCUT2D eigenvalue weighted by atomic mass is 15.3. The summed E-state index contributed by atoms with van der Waals surface area (Å²) in [5, 5.41) is 34.0. The first-order valence-corrected chi connectivity index (χ1v) is 23.6. The van der Waals surface area contributed by atoms with E-state index in [-0.39, 0.29) is 32.9 Å². The summed E-state index contributed by atoms with van der Waals surface area (Å²) in [6.45, 7) is 15.1. The molecule has 3 heterocycles. The zero-order chi connectivity index (χ0) is 40.8. The summed E-state index contributed by atoms with van der Waals surface area (Å²) in [5.41, 5.74) is 4.62. The topological polar surface area (TPSA) is 74.2 Å². The molecule has 306 valence electrons. The van der Waals surface area contributed by atoms with E-state index >= 15 is 0 Å². The van der Waals surface area contributed by atoms with E-state index in [4.69, 9.17) is 30.7 Å². The predicted octanol–water partition coefficient (Wildman–Crippen LogP) is 13.7. The average Bonchev–Trinajstić information content (AvgIpc) is 4.15. The number of rotatable bonds is 6. The number of hydrogen-bond acceptors (Lipinski definition) is 6. The van der Waals surface area contributed by atoms with Gasteiger partial charge >= 0.3 is 0 Å². The van der Waals surface area contributed by atoms with E-state index in [1.807, 2.05) is 0 Å². The first-order chi connectivity index (χ1) is 28.9. The molecule has 6 nitrogen and oxygen atoms in total. The molecule has 4 aromatic rings. The lowest BCUT2D eigenvalue weighted by Crippen LogP contribution is -2.47. The first kappa shape index (κ1) is 36.3. The van der Waals surface area contributed by atoms with Crippen molar-refractivity contribution in [3.05, 3.63) is 143 Å². The minimum Gasteiger partial charge on any atom is -0.181 e. The third-order valence-corrected chi connectivity index (χ3v) is 20.5. The van der Waals surface area contributed by atoms with Crippen LogP contribution in [0.4, 0.5) is 0 Å². The zero-order valence-electron chi connectivity index (χ0n) is 36.4. The standard InChI is InChI=1S/C54H60N6/c1-46(2)49(34-19-10-7-11-20-34)40-25-16-28-43(40)52(46,58-55-49)37-31-38(53-44-29-17-26-41(44)50(56-59-53,47(53,3)4)35-21-12-8-13-22-35)33-39(32-37)54-45-30-18-27-42(45)51(57-60-54,48(54,5)6)36-23-14-9-15-24-36/h7-15,19-24,31-33,40-45H,16-18,25-30H2,1-6H3. The van der Waals surface area contributed by atoms with Crippen molar-refractivity contribution in [3.8, 4) is 0 Å². The molecule has 6 aliphatic carbocycles. The van der Waals surface area contributed by atoms with Crippen LogP contribution >= 0.6 is 0 Å². The van der Waals surface area contributed by atoms with Crippen LogP contribution in [0.3, 0.4) is 0 Å². The lowest BCUT2D eigenvalue weighted by molar-refractivity contribution is 0.131. The number of hydrogen-bond donors (Lipinski definition) is 0. The van der Waals surface area contributed by atoms with E-state index in [1.54, 1.807) is 0 Å². The van der Waals surface area contributed by atoms with Crippen LogP contribution in [-0.4, -0.2) is 0 Å². The maximum Gasteiger partial charge on any atom is 0.117 e. The molecule has 0 amide bonds. The molecule has 6 fully saturated rings. The quantitative estimate of drug-likeness (QED) is 0.186. The minimum atomic E-state index is -0.490. The molecular formula is C54H60N6. The number of benzene rings is 4. The Bertz CT molecular complexity index is 2250. The summed E-state index contributed by atoms with van der Waals surface area (Å²) in [7, 11) is 0. The molecule has 0 N–H and O–H groups in total. The molecule has 12 atom stereocenters. The van der Waals surface area contributed by atoms with E-state index in [1.165, 1.54) is 91.2 Å². The highest BCUT2D eigenvalue weighted by Crippen LogP contribution is 2.82. The zero-order valence-corrected chi connectivity index (χ0v) is 36.4. The lowest BCUT2D eigenvalue weighted by atomic mass is 9.57. The molecule has 0 aromatic heterocycles. The fourth-order valence-corrected chi connectivity index (χ4v) is 18.4. The highest BCUT2D eigenvalue weighted by Gasteiger charge is 2.82. The van der Waals surface area contributed by atoms with Crippen LogP contribution in [0.15, 0.2) is 140 Å². The van der Waals surface area contributed by atoms with Gasteiger partial charge in [-0.1, -0.05) is 170 Å². The van der Waals surface area contributed by atoms with Crippen LogP contribution in [0.2, 0.25) is 0 Å². The molecule has 6 heteroatoms. The van der Waals surface area contributed by atoms with E-state index < -0.39 is 16.6 Å². The Labute approximate surface area is 356 Å². The summed E-state index contributed by atoms with van der Waals surface area (Å²) in [5.74, 6) is 2.52. The first-order valence-electron chi connectivity index (χ1n) is 23.6. The number of fused-ring (bicyclic) bond motifs is 15. The highest BCUT2D eigenvalue weighted by molar-refractivity contribution is 5.55. The van der Waals surface area contributed by atoms with Crippen LogP contribution in [-0.2, 0) is 33.2 Å². The molecule has 6 bridgehead atoms. The van der Waals surface area contributed by atoms with E-state index in [0.29, 0.717) is 35.5 Å². The smallest absolute Gasteiger partial charge is 0.117 e. The van der Waals surface area contributed by atoms with Crippen molar-refractivity contribution in [2.45, 2.75) is 133 Å². The van der Waals surface area contributed by atoms with Crippen molar-refractivity contribution in [2.24, 2.45) is 82.4 Å². The molecule has 0 saturated heterocycles. The number of nitrogens with zero attached hydrogens (tertiary/aromatic N) is 6. The fourth-order valence-electron chi connectivity index (χ4n) is 18.4. The second-order valence-electron chi connectivity index (χ2n) is 22.4. The van der Waals surface area contributed by atoms with Gasteiger partial charge in [-0.3, -0.25) is 0 Å². The van der Waals surface area contributed by atoms with Gasteiger partial charge in [0, 0.05) is 16.2 Å². The fraction of sp³-hybridized carbons (Fsp3) is 0.556. The molecule has 9 aliphatic rings. The van der Waals surface area contributed by atoms with Crippen molar-refractivity contribution < 1.29 is 0 Å². The van der Waals surface area contributed by atoms with Gasteiger partial charge in [-0.2, -0.15) is 30.7 Å². The molecule has 0 radical (unpaired) electrons. The van der Waals surface area contributed by atoms with Crippen LogP contribution < -0.4 is 0 Å². The largest absolute Gasteiger partial charge is 0.181 e. The molecule has 0 spiro atoms. The Kier molecular flexibility index (Phi) is 6.78. The summed E-state index contributed by atoms with van der Waals surface area (Å²) in [6.07, 6.45) is 10.8. The van der Waals surface area contributed by atoms with Crippen LogP contribution in [0, 0.1) is 51.8 Å². The molecule has 4 aromatic carbocycles. The van der Waals surface area contributed by atoms with E-state index in [0.717, 1.165) is 0 Å². The average molecular weight is 793 g/mol. The molecule has 13 rings (SSSR count). The Morgan fingerprint density at radius 1 is 0.300 bits per heavy atom. The minimum absolute atomic E-state index is 0.263. The van der Waals surface area contributed by atoms with E-state index in [9.17, 15) is 0 Å². The molecular weight excluding hydrogens is 733 g/mol. The summed E-state index contributed by atoms with van der Waals surface area (Å²) in [6, 6.07) is 41.7. The second-order valence-corrected chi connectivity index (χ2v) is 22.4. The van der Waals surface area contributed by atoms with Crippen LogP contribution in [0.25, 0.3) is 0 Å². The monoisotopic (exact) mass is 792 g/mol. The van der Waals surface area contributed by atoms with Gasteiger partial charge in [0.25, 0.3) is 0 Å².